The summed E-state index contributed by atoms with van der Waals surface area (Å²) in [4.78, 5) is 11.9. The maximum atomic E-state index is 11.9. The van der Waals surface area contributed by atoms with Crippen LogP contribution in [0.4, 0.5) is 0 Å². The molecule has 0 fully saturated rings. The summed E-state index contributed by atoms with van der Waals surface area (Å²) in [5.41, 5.74) is 1.53. The summed E-state index contributed by atoms with van der Waals surface area (Å²) in [5.74, 6) is -0.163. The van der Waals surface area contributed by atoms with E-state index in [4.69, 9.17) is 16.7 Å². The van der Waals surface area contributed by atoms with Gasteiger partial charge in [0.05, 0.1) is 11.3 Å². The first-order valence-electron chi connectivity index (χ1n) is 6.48. The lowest BCUT2D eigenvalue weighted by Crippen LogP contribution is -2.24. The van der Waals surface area contributed by atoms with E-state index in [0.717, 1.165) is 11.1 Å². The van der Waals surface area contributed by atoms with Gasteiger partial charge in [-0.05, 0) is 29.3 Å². The highest BCUT2D eigenvalue weighted by molar-refractivity contribution is 7.89. The Hall–Kier alpha value is -1.89. The zero-order valence-corrected chi connectivity index (χ0v) is 13.2. The highest BCUT2D eigenvalue weighted by Gasteiger charge is 2.08. The van der Waals surface area contributed by atoms with E-state index in [1.165, 1.54) is 12.1 Å². The van der Waals surface area contributed by atoms with Crippen LogP contribution in [0.1, 0.15) is 11.1 Å². The average molecular weight is 339 g/mol. The summed E-state index contributed by atoms with van der Waals surface area (Å²) in [6, 6.07) is 13.2. The summed E-state index contributed by atoms with van der Waals surface area (Å²) in [7, 11) is -3.70. The largest absolute Gasteiger partial charge is 0.352 e. The number of nitrogens with two attached hydrogens (primary N) is 1. The van der Waals surface area contributed by atoms with Gasteiger partial charge >= 0.3 is 0 Å². The molecule has 0 heterocycles. The Morgan fingerprint density at radius 3 is 2.32 bits per heavy atom. The molecule has 0 aromatic heterocycles. The van der Waals surface area contributed by atoms with Crippen molar-refractivity contribution in [2.45, 2.75) is 17.9 Å². The summed E-state index contributed by atoms with van der Waals surface area (Å²) >= 11 is 6.00. The molecule has 2 aromatic carbocycles. The summed E-state index contributed by atoms with van der Waals surface area (Å²) in [6.45, 7) is 0.300. The van der Waals surface area contributed by atoms with E-state index < -0.39 is 10.0 Å². The number of rotatable bonds is 5. The van der Waals surface area contributed by atoms with Gasteiger partial charge in [-0.15, -0.1) is 0 Å². The van der Waals surface area contributed by atoms with Crippen molar-refractivity contribution < 1.29 is 13.2 Å². The van der Waals surface area contributed by atoms with E-state index in [1.54, 1.807) is 30.3 Å². The molecule has 0 aliphatic heterocycles. The number of amides is 1. The van der Waals surface area contributed by atoms with Crippen molar-refractivity contribution in [1.82, 2.24) is 5.32 Å². The number of nitrogens with one attached hydrogen (secondary N) is 1. The van der Waals surface area contributed by atoms with Crippen LogP contribution in [0.25, 0.3) is 0 Å². The maximum absolute atomic E-state index is 11.9. The van der Waals surface area contributed by atoms with Crippen LogP contribution in [0.15, 0.2) is 53.4 Å². The monoisotopic (exact) mass is 338 g/mol. The quantitative estimate of drug-likeness (QED) is 0.871. The predicted octanol–water partition coefficient (Wildman–Crippen LogP) is 1.85. The Morgan fingerprint density at radius 2 is 1.73 bits per heavy atom. The Morgan fingerprint density at radius 1 is 1.09 bits per heavy atom. The first-order valence-corrected chi connectivity index (χ1v) is 8.40. The maximum Gasteiger partial charge on any atom is 0.238 e. The number of sulfonamides is 1. The smallest absolute Gasteiger partial charge is 0.238 e. The van der Waals surface area contributed by atoms with E-state index in [2.05, 4.69) is 5.32 Å². The number of hydrogen-bond acceptors (Lipinski definition) is 3. The fourth-order valence-electron chi connectivity index (χ4n) is 1.87. The first kappa shape index (κ1) is 16.5. The van der Waals surface area contributed by atoms with Crippen molar-refractivity contribution in [2.24, 2.45) is 5.14 Å². The molecule has 0 bridgehead atoms. The van der Waals surface area contributed by atoms with Crippen molar-refractivity contribution in [2.75, 3.05) is 0 Å². The molecule has 0 atom stereocenters. The normalized spacial score (nSPS) is 11.2. The number of carbonyl (C=O) groups excluding carboxylic acids is 1. The zero-order chi connectivity index (χ0) is 16.2. The molecule has 0 aliphatic carbocycles. The van der Waals surface area contributed by atoms with E-state index in [0.29, 0.717) is 11.6 Å². The topological polar surface area (TPSA) is 89.3 Å². The minimum Gasteiger partial charge on any atom is -0.352 e. The van der Waals surface area contributed by atoms with E-state index in [-0.39, 0.29) is 17.2 Å². The number of halogens is 1. The first-order chi connectivity index (χ1) is 10.4. The molecule has 116 valence electrons. The van der Waals surface area contributed by atoms with Crippen LogP contribution in [0, 0.1) is 0 Å². The molecule has 1 amide bonds. The van der Waals surface area contributed by atoms with Crippen molar-refractivity contribution in [3.8, 4) is 0 Å². The van der Waals surface area contributed by atoms with Crippen LogP contribution in [0.3, 0.4) is 0 Å². The lowest BCUT2D eigenvalue weighted by Gasteiger charge is -2.07. The van der Waals surface area contributed by atoms with Crippen LogP contribution in [-0.2, 0) is 27.8 Å². The van der Waals surface area contributed by atoms with E-state index in [1.807, 2.05) is 6.07 Å². The second-order valence-electron chi connectivity index (χ2n) is 4.73. The van der Waals surface area contributed by atoms with Crippen LogP contribution in [0.2, 0.25) is 5.02 Å². The molecule has 5 nitrogen and oxygen atoms in total. The molecule has 7 heteroatoms. The minimum atomic E-state index is -3.70. The highest BCUT2D eigenvalue weighted by atomic mass is 35.5. The lowest BCUT2D eigenvalue weighted by atomic mass is 10.1. The second kappa shape index (κ2) is 6.91. The Kier molecular flexibility index (Phi) is 5.18. The molecule has 3 N–H and O–H groups in total. The van der Waals surface area contributed by atoms with E-state index >= 15 is 0 Å². The predicted molar refractivity (Wildman–Crippen MR) is 84.8 cm³/mol. The van der Waals surface area contributed by atoms with Crippen molar-refractivity contribution in [3.63, 3.8) is 0 Å². The third-order valence-electron chi connectivity index (χ3n) is 3.05. The molecule has 0 unspecified atom stereocenters. The molecule has 0 saturated carbocycles. The average Bonchev–Trinajstić information content (AvgIpc) is 2.47. The van der Waals surface area contributed by atoms with Gasteiger partial charge in [0.1, 0.15) is 0 Å². The highest BCUT2D eigenvalue weighted by Crippen LogP contribution is 2.15. The molecule has 2 rings (SSSR count). The van der Waals surface area contributed by atoms with Crippen LogP contribution < -0.4 is 10.5 Å². The van der Waals surface area contributed by atoms with Crippen LogP contribution in [0.5, 0.6) is 0 Å². The second-order valence-corrected chi connectivity index (χ2v) is 6.70. The lowest BCUT2D eigenvalue weighted by molar-refractivity contribution is -0.120. The van der Waals surface area contributed by atoms with Gasteiger partial charge in [0.2, 0.25) is 15.9 Å². The van der Waals surface area contributed by atoms with Gasteiger partial charge in [-0.25, -0.2) is 13.6 Å². The Labute approximate surface area is 134 Å². The number of carbonyl (C=O) groups is 1. The Balaban J connectivity index is 1.93. The third kappa shape index (κ3) is 4.56. The molecule has 2 aromatic rings. The molecule has 0 aliphatic rings. The van der Waals surface area contributed by atoms with Gasteiger partial charge in [0.25, 0.3) is 0 Å². The molecule has 22 heavy (non-hydrogen) atoms. The number of primary sulfonamides is 1. The summed E-state index contributed by atoms with van der Waals surface area (Å²) in [6.07, 6.45) is 0.189. The minimum absolute atomic E-state index is 0.0404. The molecule has 0 radical (unpaired) electrons. The molecule has 0 spiro atoms. The fraction of sp³-hybridized carbons (Fsp3) is 0.133. The van der Waals surface area contributed by atoms with Gasteiger partial charge in [0, 0.05) is 11.6 Å². The molecule has 0 saturated heterocycles. The van der Waals surface area contributed by atoms with Gasteiger partial charge in [-0.3, -0.25) is 4.79 Å². The standard InChI is InChI=1S/C15H15ClN2O3S/c16-14-4-2-1-3-12(14)9-15(19)18-10-11-5-7-13(8-6-11)22(17,20)21/h1-8H,9-10H2,(H,18,19)(H2,17,20,21). The van der Waals surface area contributed by atoms with Crippen LogP contribution in [-0.4, -0.2) is 14.3 Å². The van der Waals surface area contributed by atoms with Gasteiger partial charge < -0.3 is 5.32 Å². The fourth-order valence-corrected chi connectivity index (χ4v) is 2.59. The molecular weight excluding hydrogens is 324 g/mol. The van der Waals surface area contributed by atoms with Crippen molar-refractivity contribution >= 4 is 27.5 Å². The summed E-state index contributed by atoms with van der Waals surface area (Å²) < 4.78 is 22.3. The van der Waals surface area contributed by atoms with Gasteiger partial charge in [-0.2, -0.15) is 0 Å². The molecular formula is C15H15ClN2O3S. The van der Waals surface area contributed by atoms with Crippen molar-refractivity contribution in [1.29, 1.82) is 0 Å². The summed E-state index contributed by atoms with van der Waals surface area (Å²) in [5, 5.41) is 8.32. The van der Waals surface area contributed by atoms with Gasteiger partial charge in [-0.1, -0.05) is 41.9 Å². The van der Waals surface area contributed by atoms with E-state index in [9.17, 15) is 13.2 Å². The SMILES string of the molecule is NS(=O)(=O)c1ccc(CNC(=O)Cc2ccccc2Cl)cc1. The van der Waals surface area contributed by atoms with Gasteiger partial charge in [0.15, 0.2) is 0 Å². The Bertz CT molecular complexity index is 774. The number of benzene rings is 2. The number of hydrogen-bond donors (Lipinski definition) is 2. The third-order valence-corrected chi connectivity index (χ3v) is 4.35. The van der Waals surface area contributed by atoms with Crippen LogP contribution >= 0.6 is 11.6 Å². The van der Waals surface area contributed by atoms with Crippen molar-refractivity contribution in [3.05, 3.63) is 64.7 Å². The zero-order valence-electron chi connectivity index (χ0n) is 11.6.